The highest BCUT2D eigenvalue weighted by Gasteiger charge is 2.19. The summed E-state index contributed by atoms with van der Waals surface area (Å²) in [4.78, 5) is 21.2. The molecule has 25 heavy (non-hydrogen) atoms. The second-order valence-electron chi connectivity index (χ2n) is 6.73. The van der Waals surface area contributed by atoms with Crippen LogP contribution < -0.4 is 5.32 Å². The quantitative estimate of drug-likeness (QED) is 0.741. The Bertz CT molecular complexity index is 855. The molecule has 130 valence electrons. The summed E-state index contributed by atoms with van der Waals surface area (Å²) in [5, 5.41) is 3.04. The maximum atomic E-state index is 12.4. The number of hydrogen-bond acceptors (Lipinski definition) is 3. The maximum Gasteiger partial charge on any atom is 0.253 e. The SMILES string of the molecule is CC(C)CCn1c(C(C)NC(=O)c2cccnc2)nc2ccccc21. The normalized spacial score (nSPS) is 12.5. The van der Waals surface area contributed by atoms with E-state index in [1.54, 1.807) is 24.5 Å². The number of amides is 1. The molecule has 0 fully saturated rings. The number of fused-ring (bicyclic) bond motifs is 1. The minimum atomic E-state index is -0.188. The minimum Gasteiger partial charge on any atom is -0.342 e. The first kappa shape index (κ1) is 17.1. The Hall–Kier alpha value is -2.69. The number of aromatic nitrogens is 3. The molecule has 3 aromatic rings. The second-order valence-corrected chi connectivity index (χ2v) is 6.73. The van der Waals surface area contributed by atoms with Crippen molar-refractivity contribution in [2.75, 3.05) is 0 Å². The van der Waals surface area contributed by atoms with Gasteiger partial charge in [-0.25, -0.2) is 4.98 Å². The van der Waals surface area contributed by atoms with Gasteiger partial charge in [-0.2, -0.15) is 0 Å². The summed E-state index contributed by atoms with van der Waals surface area (Å²) in [6.07, 6.45) is 4.30. The third kappa shape index (κ3) is 3.87. The fourth-order valence-corrected chi connectivity index (χ4v) is 2.89. The van der Waals surface area contributed by atoms with Gasteiger partial charge in [0.15, 0.2) is 0 Å². The Morgan fingerprint density at radius 2 is 1.96 bits per heavy atom. The molecule has 1 N–H and O–H groups in total. The Labute approximate surface area is 148 Å². The number of aryl methyl sites for hydroxylation is 1. The van der Waals surface area contributed by atoms with Crippen molar-refractivity contribution in [3.05, 3.63) is 60.2 Å². The van der Waals surface area contributed by atoms with Gasteiger partial charge in [0, 0.05) is 18.9 Å². The van der Waals surface area contributed by atoms with Gasteiger partial charge in [-0.05, 0) is 43.5 Å². The lowest BCUT2D eigenvalue weighted by atomic mass is 10.1. The van der Waals surface area contributed by atoms with Crippen molar-refractivity contribution in [2.24, 2.45) is 5.92 Å². The number of nitrogens with zero attached hydrogens (tertiary/aromatic N) is 3. The average molecular weight is 336 g/mol. The van der Waals surface area contributed by atoms with Crippen LogP contribution in [0.5, 0.6) is 0 Å². The summed E-state index contributed by atoms with van der Waals surface area (Å²) in [5.74, 6) is 1.36. The summed E-state index contributed by atoms with van der Waals surface area (Å²) in [7, 11) is 0. The van der Waals surface area contributed by atoms with E-state index in [-0.39, 0.29) is 11.9 Å². The van der Waals surface area contributed by atoms with Crippen LogP contribution in [0.2, 0.25) is 0 Å². The molecular formula is C20H24N4O. The van der Waals surface area contributed by atoms with E-state index < -0.39 is 0 Å². The highest BCUT2D eigenvalue weighted by atomic mass is 16.1. The predicted molar refractivity (Wildman–Crippen MR) is 99.3 cm³/mol. The van der Waals surface area contributed by atoms with Gasteiger partial charge in [-0.15, -0.1) is 0 Å². The molecule has 0 spiro atoms. The summed E-state index contributed by atoms with van der Waals surface area (Å²) in [6, 6.07) is 11.5. The monoisotopic (exact) mass is 336 g/mol. The van der Waals surface area contributed by atoms with Crippen LogP contribution in [0, 0.1) is 5.92 Å². The summed E-state index contributed by atoms with van der Waals surface area (Å²) < 4.78 is 2.23. The van der Waals surface area contributed by atoms with Crippen LogP contribution in [0.1, 0.15) is 49.4 Å². The van der Waals surface area contributed by atoms with Crippen molar-refractivity contribution in [1.82, 2.24) is 19.9 Å². The van der Waals surface area contributed by atoms with Crippen LogP contribution in [0.25, 0.3) is 11.0 Å². The number of benzene rings is 1. The van der Waals surface area contributed by atoms with E-state index >= 15 is 0 Å². The molecule has 1 atom stereocenters. The van der Waals surface area contributed by atoms with Gasteiger partial charge in [0.25, 0.3) is 5.91 Å². The van der Waals surface area contributed by atoms with Crippen LogP contribution in [-0.2, 0) is 6.54 Å². The molecule has 1 amide bonds. The van der Waals surface area contributed by atoms with Gasteiger partial charge in [-0.3, -0.25) is 9.78 Å². The lowest BCUT2D eigenvalue weighted by molar-refractivity contribution is 0.0937. The number of hydrogen-bond donors (Lipinski definition) is 1. The van der Waals surface area contributed by atoms with Crippen LogP contribution in [0.4, 0.5) is 0 Å². The second kappa shape index (κ2) is 7.47. The molecule has 1 aromatic carbocycles. The average Bonchev–Trinajstić information content (AvgIpc) is 2.99. The third-order valence-corrected chi connectivity index (χ3v) is 4.27. The maximum absolute atomic E-state index is 12.4. The van der Waals surface area contributed by atoms with Gasteiger partial charge >= 0.3 is 0 Å². The van der Waals surface area contributed by atoms with E-state index in [4.69, 9.17) is 4.98 Å². The van der Waals surface area contributed by atoms with Crippen molar-refractivity contribution in [2.45, 2.75) is 39.8 Å². The molecule has 0 radical (unpaired) electrons. The van der Waals surface area contributed by atoms with E-state index in [2.05, 4.69) is 34.8 Å². The number of pyridine rings is 1. The van der Waals surface area contributed by atoms with E-state index in [0.29, 0.717) is 11.5 Å². The largest absolute Gasteiger partial charge is 0.342 e. The summed E-state index contributed by atoms with van der Waals surface area (Å²) in [5.41, 5.74) is 2.63. The molecule has 0 saturated heterocycles. The van der Waals surface area contributed by atoms with E-state index in [1.807, 2.05) is 25.1 Å². The van der Waals surface area contributed by atoms with Crippen molar-refractivity contribution in [3.63, 3.8) is 0 Å². The standard InChI is InChI=1S/C20H24N4O/c1-14(2)10-12-24-18-9-5-4-8-17(18)23-19(24)15(3)22-20(25)16-7-6-11-21-13-16/h4-9,11,13-15H,10,12H2,1-3H3,(H,22,25). The summed E-state index contributed by atoms with van der Waals surface area (Å²) >= 11 is 0. The van der Waals surface area contributed by atoms with Crippen molar-refractivity contribution < 1.29 is 4.79 Å². The molecular weight excluding hydrogens is 312 g/mol. The molecule has 2 heterocycles. The van der Waals surface area contributed by atoms with Crippen molar-refractivity contribution >= 4 is 16.9 Å². The van der Waals surface area contributed by atoms with Gasteiger partial charge in [0.2, 0.25) is 0 Å². The zero-order valence-corrected chi connectivity index (χ0v) is 14.9. The highest BCUT2D eigenvalue weighted by Crippen LogP contribution is 2.22. The number of para-hydroxylation sites is 2. The molecule has 1 unspecified atom stereocenters. The molecule has 5 nitrogen and oxygen atoms in total. The number of imidazole rings is 1. The Kier molecular flexibility index (Phi) is 5.12. The number of nitrogens with one attached hydrogen (secondary N) is 1. The first-order chi connectivity index (χ1) is 12.1. The predicted octanol–water partition coefficient (Wildman–Crippen LogP) is 3.97. The smallest absolute Gasteiger partial charge is 0.253 e. The van der Waals surface area contributed by atoms with Crippen LogP contribution in [0.15, 0.2) is 48.8 Å². The van der Waals surface area contributed by atoms with Crippen LogP contribution >= 0.6 is 0 Å². The molecule has 0 aliphatic rings. The van der Waals surface area contributed by atoms with Gasteiger partial charge in [-0.1, -0.05) is 26.0 Å². The Balaban J connectivity index is 1.88. The summed E-state index contributed by atoms with van der Waals surface area (Å²) in [6.45, 7) is 7.29. The van der Waals surface area contributed by atoms with Crippen molar-refractivity contribution in [1.29, 1.82) is 0 Å². The number of rotatable bonds is 6. The fraction of sp³-hybridized carbons (Fsp3) is 0.350. The molecule has 3 rings (SSSR count). The zero-order chi connectivity index (χ0) is 17.8. The third-order valence-electron chi connectivity index (χ3n) is 4.27. The zero-order valence-electron chi connectivity index (χ0n) is 14.9. The van der Waals surface area contributed by atoms with Crippen LogP contribution in [0.3, 0.4) is 0 Å². The number of carbonyl (C=O) groups excluding carboxylic acids is 1. The lowest BCUT2D eigenvalue weighted by Gasteiger charge is -2.17. The first-order valence-electron chi connectivity index (χ1n) is 8.72. The molecule has 0 bridgehead atoms. The Morgan fingerprint density at radius 1 is 1.16 bits per heavy atom. The molecule has 2 aromatic heterocycles. The highest BCUT2D eigenvalue weighted by molar-refractivity contribution is 5.94. The Morgan fingerprint density at radius 3 is 2.68 bits per heavy atom. The van der Waals surface area contributed by atoms with Crippen molar-refractivity contribution in [3.8, 4) is 0 Å². The minimum absolute atomic E-state index is 0.136. The first-order valence-corrected chi connectivity index (χ1v) is 8.72. The van der Waals surface area contributed by atoms with Gasteiger partial charge in [0.05, 0.1) is 22.6 Å². The van der Waals surface area contributed by atoms with Gasteiger partial charge < -0.3 is 9.88 Å². The van der Waals surface area contributed by atoms with Gasteiger partial charge in [0.1, 0.15) is 5.82 Å². The van der Waals surface area contributed by atoms with Crippen LogP contribution in [-0.4, -0.2) is 20.4 Å². The fourth-order valence-electron chi connectivity index (χ4n) is 2.89. The lowest BCUT2D eigenvalue weighted by Crippen LogP contribution is -2.29. The topological polar surface area (TPSA) is 59.8 Å². The van der Waals surface area contributed by atoms with E-state index in [9.17, 15) is 4.79 Å². The molecule has 5 heteroatoms. The van der Waals surface area contributed by atoms with E-state index in [0.717, 1.165) is 29.8 Å². The number of carbonyl (C=O) groups is 1. The molecule has 0 aliphatic carbocycles. The molecule has 0 aliphatic heterocycles. The molecule has 0 saturated carbocycles. The van der Waals surface area contributed by atoms with E-state index in [1.165, 1.54) is 0 Å².